The lowest BCUT2D eigenvalue weighted by molar-refractivity contribution is 0.586. The van der Waals surface area contributed by atoms with E-state index in [1.807, 2.05) is 19.1 Å². The van der Waals surface area contributed by atoms with E-state index in [1.165, 1.54) is 10.6 Å². The lowest BCUT2D eigenvalue weighted by atomic mass is 9.83. The second kappa shape index (κ2) is 4.43. The summed E-state index contributed by atoms with van der Waals surface area (Å²) in [6, 6.07) is 5.88. The number of hydrogen-bond acceptors (Lipinski definition) is 3. The van der Waals surface area contributed by atoms with Gasteiger partial charge in [-0.2, -0.15) is 5.53 Å². The van der Waals surface area contributed by atoms with Crippen molar-refractivity contribution < 1.29 is 0 Å². The number of benzene rings is 1. The average Bonchev–Trinajstić information content (AvgIpc) is 2.20. The molecule has 0 aliphatic heterocycles. The number of nitrogens with one attached hydrogen (secondary N) is 2. The van der Waals surface area contributed by atoms with E-state index >= 15 is 0 Å². The van der Waals surface area contributed by atoms with Gasteiger partial charge in [-0.25, -0.2) is 5.01 Å². The first-order valence-electron chi connectivity index (χ1n) is 5.19. The van der Waals surface area contributed by atoms with Gasteiger partial charge in [-0.3, -0.25) is 5.41 Å². The lowest BCUT2D eigenvalue weighted by Gasteiger charge is -2.24. The van der Waals surface area contributed by atoms with E-state index in [2.05, 4.69) is 32.1 Å². The van der Waals surface area contributed by atoms with Gasteiger partial charge in [0.15, 0.2) is 0 Å². The third kappa shape index (κ3) is 2.27. The molecule has 0 heterocycles. The van der Waals surface area contributed by atoms with Crippen molar-refractivity contribution in [3.63, 3.8) is 0 Å². The molecule has 0 unspecified atom stereocenters. The second-order valence-corrected chi connectivity index (χ2v) is 4.77. The van der Waals surface area contributed by atoms with Crippen LogP contribution in [-0.2, 0) is 5.41 Å². The van der Waals surface area contributed by atoms with Gasteiger partial charge in [0.1, 0.15) is 6.34 Å². The highest BCUT2D eigenvalue weighted by atomic mass is 15.5. The van der Waals surface area contributed by atoms with Crippen LogP contribution in [0, 0.1) is 17.9 Å². The van der Waals surface area contributed by atoms with Crippen molar-refractivity contribution in [2.24, 2.45) is 5.22 Å². The van der Waals surface area contributed by atoms with Crippen molar-refractivity contribution >= 4 is 12.0 Å². The van der Waals surface area contributed by atoms with Gasteiger partial charge >= 0.3 is 0 Å². The Kier molecular flexibility index (Phi) is 3.42. The van der Waals surface area contributed by atoms with Crippen LogP contribution in [-0.4, -0.2) is 6.34 Å². The van der Waals surface area contributed by atoms with Gasteiger partial charge in [0.2, 0.25) is 0 Å². The fourth-order valence-corrected chi connectivity index (χ4v) is 1.84. The molecule has 0 atom stereocenters. The molecule has 2 N–H and O–H groups in total. The molecule has 0 aliphatic carbocycles. The van der Waals surface area contributed by atoms with E-state index < -0.39 is 0 Å². The van der Waals surface area contributed by atoms with Crippen LogP contribution in [0.5, 0.6) is 0 Å². The van der Waals surface area contributed by atoms with Crippen molar-refractivity contribution in [3.8, 4) is 0 Å². The molecule has 1 aromatic rings. The van der Waals surface area contributed by atoms with Crippen LogP contribution in [0.15, 0.2) is 23.4 Å². The first-order valence-corrected chi connectivity index (χ1v) is 5.19. The monoisotopic (exact) mass is 218 g/mol. The van der Waals surface area contributed by atoms with Crippen molar-refractivity contribution in [3.05, 3.63) is 29.3 Å². The summed E-state index contributed by atoms with van der Waals surface area (Å²) in [5.74, 6) is 0. The Bertz CT molecular complexity index is 396. The minimum Gasteiger partial charge on any atom is -0.289 e. The molecule has 16 heavy (non-hydrogen) atoms. The quantitative estimate of drug-likeness (QED) is 0.346. The van der Waals surface area contributed by atoms with Gasteiger partial charge in [0.05, 0.1) is 5.69 Å². The Morgan fingerprint density at radius 1 is 1.31 bits per heavy atom. The summed E-state index contributed by atoms with van der Waals surface area (Å²) in [6.07, 6.45) is 1.04. The second-order valence-electron chi connectivity index (χ2n) is 4.77. The van der Waals surface area contributed by atoms with Gasteiger partial charge in [0, 0.05) is 0 Å². The van der Waals surface area contributed by atoms with E-state index in [4.69, 9.17) is 10.9 Å². The molecular formula is C12H18N4. The SMILES string of the molecule is Cc1c(N(C=N)N=N)cccc1C(C)(C)C. The molecule has 1 aromatic carbocycles. The molecule has 0 spiro atoms. The highest BCUT2D eigenvalue weighted by Gasteiger charge is 2.19. The molecule has 4 heteroatoms. The zero-order valence-corrected chi connectivity index (χ0v) is 10.2. The summed E-state index contributed by atoms with van der Waals surface area (Å²) in [4.78, 5) is 0. The van der Waals surface area contributed by atoms with Gasteiger partial charge in [-0.1, -0.05) is 38.1 Å². The predicted molar refractivity (Wildman–Crippen MR) is 66.3 cm³/mol. The van der Waals surface area contributed by atoms with Gasteiger partial charge in [0.25, 0.3) is 0 Å². The minimum absolute atomic E-state index is 0.0514. The molecule has 0 saturated heterocycles. The first kappa shape index (κ1) is 12.4. The number of rotatable bonds is 3. The van der Waals surface area contributed by atoms with Crippen LogP contribution in [0.1, 0.15) is 31.9 Å². The molecule has 0 saturated carbocycles. The standard InChI is InChI=1S/C12H18N4/c1-9-10(12(2,3)4)6-5-7-11(9)16(8-13)15-14/h5-8,13-14H,1-4H3. The van der Waals surface area contributed by atoms with E-state index in [1.54, 1.807) is 0 Å². The molecule has 0 bridgehead atoms. The smallest absolute Gasteiger partial charge is 0.110 e. The van der Waals surface area contributed by atoms with Crippen LogP contribution in [0.25, 0.3) is 0 Å². The molecule has 1 rings (SSSR count). The summed E-state index contributed by atoms with van der Waals surface area (Å²) in [5.41, 5.74) is 10.1. The highest BCUT2D eigenvalue weighted by molar-refractivity contribution is 5.78. The molecule has 0 aromatic heterocycles. The molecule has 86 valence electrons. The Hall–Kier alpha value is -1.71. The molecule has 0 aliphatic rings. The maximum atomic E-state index is 7.21. The zero-order valence-electron chi connectivity index (χ0n) is 10.2. The van der Waals surface area contributed by atoms with E-state index in [-0.39, 0.29) is 5.41 Å². The number of anilines is 1. The lowest BCUT2D eigenvalue weighted by Crippen LogP contribution is -2.18. The summed E-state index contributed by atoms with van der Waals surface area (Å²) < 4.78 is 0. The molecule has 4 nitrogen and oxygen atoms in total. The van der Waals surface area contributed by atoms with Crippen LogP contribution in [0.2, 0.25) is 0 Å². The van der Waals surface area contributed by atoms with Crippen LogP contribution >= 0.6 is 0 Å². The van der Waals surface area contributed by atoms with Crippen LogP contribution in [0.3, 0.4) is 0 Å². The fourth-order valence-electron chi connectivity index (χ4n) is 1.84. The van der Waals surface area contributed by atoms with Crippen LogP contribution in [0.4, 0.5) is 5.69 Å². The number of nitrogens with zero attached hydrogens (tertiary/aromatic N) is 2. The van der Waals surface area contributed by atoms with E-state index in [9.17, 15) is 0 Å². The number of hydrogen-bond donors (Lipinski definition) is 2. The summed E-state index contributed by atoms with van der Waals surface area (Å²) >= 11 is 0. The van der Waals surface area contributed by atoms with Gasteiger partial charge < -0.3 is 0 Å². The van der Waals surface area contributed by atoms with Crippen molar-refractivity contribution in [2.75, 3.05) is 5.01 Å². The highest BCUT2D eigenvalue weighted by Crippen LogP contribution is 2.31. The summed E-state index contributed by atoms with van der Waals surface area (Å²) in [7, 11) is 0. The molecule has 0 fully saturated rings. The Morgan fingerprint density at radius 2 is 1.94 bits per heavy atom. The van der Waals surface area contributed by atoms with E-state index in [0.29, 0.717) is 0 Å². The largest absolute Gasteiger partial charge is 0.289 e. The third-order valence-electron chi connectivity index (χ3n) is 2.59. The molecule has 0 amide bonds. The Balaban J connectivity index is 3.34. The Morgan fingerprint density at radius 3 is 2.38 bits per heavy atom. The van der Waals surface area contributed by atoms with Gasteiger partial charge in [-0.05, 0) is 29.5 Å². The average molecular weight is 218 g/mol. The summed E-state index contributed by atoms with van der Waals surface area (Å²) in [6.45, 7) is 8.43. The summed E-state index contributed by atoms with van der Waals surface area (Å²) in [5, 5.41) is 11.8. The van der Waals surface area contributed by atoms with E-state index in [0.717, 1.165) is 17.6 Å². The van der Waals surface area contributed by atoms with Crippen LogP contribution < -0.4 is 5.01 Å². The van der Waals surface area contributed by atoms with Crippen molar-refractivity contribution in [2.45, 2.75) is 33.1 Å². The minimum atomic E-state index is 0.0514. The fraction of sp³-hybridized carbons (Fsp3) is 0.417. The first-order chi connectivity index (χ1) is 7.41. The topological polar surface area (TPSA) is 63.3 Å². The third-order valence-corrected chi connectivity index (χ3v) is 2.59. The maximum Gasteiger partial charge on any atom is 0.110 e. The van der Waals surface area contributed by atoms with Crippen molar-refractivity contribution in [1.29, 1.82) is 10.9 Å². The zero-order chi connectivity index (χ0) is 12.3. The van der Waals surface area contributed by atoms with Crippen molar-refractivity contribution in [1.82, 2.24) is 0 Å². The normalized spacial score (nSPS) is 11.0. The molecular weight excluding hydrogens is 200 g/mol. The maximum absolute atomic E-state index is 7.21. The predicted octanol–water partition coefficient (Wildman–Crippen LogP) is 3.65. The Labute approximate surface area is 96.3 Å². The molecule has 0 radical (unpaired) electrons. The van der Waals surface area contributed by atoms with Gasteiger partial charge in [-0.15, -0.1) is 0 Å².